The summed E-state index contributed by atoms with van der Waals surface area (Å²) >= 11 is 5.89. The van der Waals surface area contributed by atoms with Gasteiger partial charge in [0.15, 0.2) is 5.96 Å². The molecule has 96 valence electrons. The first kappa shape index (κ1) is 11.8. The maximum Gasteiger partial charge on any atom is 0.191 e. The fourth-order valence-corrected chi connectivity index (χ4v) is 2.64. The van der Waals surface area contributed by atoms with Crippen molar-refractivity contribution in [2.75, 3.05) is 13.1 Å². The summed E-state index contributed by atoms with van der Waals surface area (Å²) in [5, 5.41) is 0.801. The minimum absolute atomic E-state index is 0.409. The van der Waals surface area contributed by atoms with E-state index in [1.54, 1.807) is 0 Å². The smallest absolute Gasteiger partial charge is 0.191 e. The van der Waals surface area contributed by atoms with E-state index in [1.165, 1.54) is 12.0 Å². The van der Waals surface area contributed by atoms with Gasteiger partial charge >= 0.3 is 0 Å². The Labute approximate surface area is 113 Å². The molecule has 3 nitrogen and oxygen atoms in total. The lowest BCUT2D eigenvalue weighted by Gasteiger charge is -2.36. The Balaban J connectivity index is 1.55. The molecule has 1 saturated heterocycles. The number of nitrogens with zero attached hydrogens (tertiary/aromatic N) is 2. The summed E-state index contributed by atoms with van der Waals surface area (Å²) in [5.41, 5.74) is 7.32. The Hall–Kier alpha value is -1.22. The van der Waals surface area contributed by atoms with Crippen molar-refractivity contribution in [3.63, 3.8) is 0 Å². The topological polar surface area (TPSA) is 41.6 Å². The Bertz CT molecular complexity index is 445. The molecule has 1 aliphatic carbocycles. The van der Waals surface area contributed by atoms with Gasteiger partial charge in [0, 0.05) is 18.1 Å². The molecule has 3 rings (SSSR count). The van der Waals surface area contributed by atoms with Crippen molar-refractivity contribution in [3.05, 3.63) is 34.9 Å². The number of likely N-dealkylation sites (tertiary alicyclic amines) is 1. The van der Waals surface area contributed by atoms with Crippen LogP contribution in [0.4, 0.5) is 0 Å². The lowest BCUT2D eigenvalue weighted by atomic mass is 9.76. The van der Waals surface area contributed by atoms with Crippen molar-refractivity contribution in [2.24, 2.45) is 10.7 Å². The highest BCUT2D eigenvalue weighted by Crippen LogP contribution is 2.39. The molecule has 2 fully saturated rings. The van der Waals surface area contributed by atoms with Crippen LogP contribution in [0.5, 0.6) is 0 Å². The number of hydrogen-bond donors (Lipinski definition) is 1. The highest BCUT2D eigenvalue weighted by Gasteiger charge is 2.31. The molecule has 0 bridgehead atoms. The summed E-state index contributed by atoms with van der Waals surface area (Å²) in [6.45, 7) is 2.14. The van der Waals surface area contributed by atoms with E-state index in [2.05, 4.69) is 22.0 Å². The Morgan fingerprint density at radius 3 is 2.44 bits per heavy atom. The molecule has 0 aromatic heterocycles. The van der Waals surface area contributed by atoms with Gasteiger partial charge in [-0.15, -0.1) is 0 Å². The van der Waals surface area contributed by atoms with E-state index in [9.17, 15) is 0 Å². The molecule has 0 amide bonds. The van der Waals surface area contributed by atoms with E-state index in [-0.39, 0.29) is 0 Å². The van der Waals surface area contributed by atoms with Gasteiger partial charge in [-0.1, -0.05) is 23.7 Å². The van der Waals surface area contributed by atoms with E-state index in [0.717, 1.165) is 36.9 Å². The summed E-state index contributed by atoms with van der Waals surface area (Å²) in [5.74, 6) is 1.36. The molecule has 1 heterocycles. The van der Waals surface area contributed by atoms with Crippen molar-refractivity contribution in [1.29, 1.82) is 0 Å². The molecular weight excluding hydrogens is 246 g/mol. The van der Waals surface area contributed by atoms with Crippen LogP contribution >= 0.6 is 11.6 Å². The molecule has 18 heavy (non-hydrogen) atoms. The Kier molecular flexibility index (Phi) is 3.16. The summed E-state index contributed by atoms with van der Waals surface area (Å²) in [4.78, 5) is 6.74. The molecular formula is C14H18ClN3. The molecule has 0 spiro atoms. The Morgan fingerprint density at radius 1 is 1.22 bits per heavy atom. The fourth-order valence-electron chi connectivity index (χ4n) is 2.51. The number of halogens is 1. The zero-order valence-corrected chi connectivity index (χ0v) is 11.1. The monoisotopic (exact) mass is 263 g/mol. The van der Waals surface area contributed by atoms with Crippen LogP contribution in [0.2, 0.25) is 5.02 Å². The first-order valence-electron chi connectivity index (χ1n) is 6.56. The van der Waals surface area contributed by atoms with Crippen LogP contribution in [0, 0.1) is 0 Å². The molecule has 1 saturated carbocycles. The zero-order chi connectivity index (χ0) is 12.5. The van der Waals surface area contributed by atoms with Gasteiger partial charge in [0.25, 0.3) is 0 Å². The normalized spacial score (nSPS) is 27.6. The van der Waals surface area contributed by atoms with E-state index >= 15 is 0 Å². The predicted molar refractivity (Wildman–Crippen MR) is 75.0 cm³/mol. The highest BCUT2D eigenvalue weighted by molar-refractivity contribution is 6.30. The second-order valence-electron chi connectivity index (χ2n) is 5.20. The molecule has 1 aromatic carbocycles. The van der Waals surface area contributed by atoms with Crippen molar-refractivity contribution in [1.82, 2.24) is 4.90 Å². The molecule has 1 aliphatic heterocycles. The SMILES string of the molecule is NC(=NC1CC(c2ccc(Cl)cc2)C1)N1CCC1. The van der Waals surface area contributed by atoms with Gasteiger partial charge in [-0.2, -0.15) is 0 Å². The van der Waals surface area contributed by atoms with Crippen LogP contribution in [0.15, 0.2) is 29.3 Å². The summed E-state index contributed by atoms with van der Waals surface area (Å²) in [6, 6.07) is 8.56. The van der Waals surface area contributed by atoms with E-state index < -0.39 is 0 Å². The van der Waals surface area contributed by atoms with E-state index in [4.69, 9.17) is 17.3 Å². The largest absolute Gasteiger partial charge is 0.370 e. The number of guanidine groups is 1. The van der Waals surface area contributed by atoms with E-state index in [0.29, 0.717) is 12.0 Å². The molecule has 0 unspecified atom stereocenters. The third kappa shape index (κ3) is 2.32. The van der Waals surface area contributed by atoms with E-state index in [1.807, 2.05) is 12.1 Å². The molecule has 2 aliphatic rings. The molecule has 1 aromatic rings. The third-order valence-electron chi connectivity index (χ3n) is 3.95. The zero-order valence-electron chi connectivity index (χ0n) is 10.3. The maximum absolute atomic E-state index is 5.95. The second-order valence-corrected chi connectivity index (χ2v) is 5.64. The van der Waals surface area contributed by atoms with Crippen LogP contribution in [0.1, 0.15) is 30.7 Å². The number of benzene rings is 1. The van der Waals surface area contributed by atoms with Crippen molar-refractivity contribution < 1.29 is 0 Å². The van der Waals surface area contributed by atoms with Crippen LogP contribution < -0.4 is 5.73 Å². The van der Waals surface area contributed by atoms with Crippen LogP contribution in [0.25, 0.3) is 0 Å². The summed E-state index contributed by atoms with van der Waals surface area (Å²) in [7, 11) is 0. The summed E-state index contributed by atoms with van der Waals surface area (Å²) < 4.78 is 0. The standard InChI is InChI=1S/C14H18ClN3/c15-12-4-2-10(3-5-12)11-8-13(9-11)17-14(16)18-6-1-7-18/h2-5,11,13H,1,6-9H2,(H2,16,17). The maximum atomic E-state index is 5.95. The average molecular weight is 264 g/mol. The number of hydrogen-bond acceptors (Lipinski definition) is 1. The van der Waals surface area contributed by atoms with Gasteiger partial charge in [0.05, 0.1) is 6.04 Å². The first-order valence-corrected chi connectivity index (χ1v) is 6.94. The minimum atomic E-state index is 0.409. The van der Waals surface area contributed by atoms with Crippen LogP contribution in [-0.2, 0) is 0 Å². The summed E-state index contributed by atoms with van der Waals surface area (Å²) in [6.07, 6.45) is 3.46. The van der Waals surface area contributed by atoms with Gasteiger partial charge in [-0.25, -0.2) is 4.99 Å². The average Bonchev–Trinajstić information content (AvgIpc) is 2.22. The fraction of sp³-hybridized carbons (Fsp3) is 0.500. The third-order valence-corrected chi connectivity index (χ3v) is 4.20. The highest BCUT2D eigenvalue weighted by atomic mass is 35.5. The second kappa shape index (κ2) is 4.81. The molecule has 0 radical (unpaired) electrons. The lowest BCUT2D eigenvalue weighted by Crippen LogP contribution is -2.47. The molecule has 2 N–H and O–H groups in total. The quantitative estimate of drug-likeness (QED) is 0.658. The van der Waals surface area contributed by atoms with Gasteiger partial charge in [-0.05, 0) is 42.9 Å². The number of aliphatic imine (C=N–C) groups is 1. The minimum Gasteiger partial charge on any atom is -0.370 e. The number of rotatable bonds is 2. The Morgan fingerprint density at radius 2 is 1.89 bits per heavy atom. The van der Waals surface area contributed by atoms with Crippen LogP contribution in [0.3, 0.4) is 0 Å². The predicted octanol–water partition coefficient (Wildman–Crippen LogP) is 2.61. The van der Waals surface area contributed by atoms with Gasteiger partial charge in [-0.3, -0.25) is 0 Å². The molecule has 0 atom stereocenters. The van der Waals surface area contributed by atoms with Crippen molar-refractivity contribution in [2.45, 2.75) is 31.2 Å². The van der Waals surface area contributed by atoms with Gasteiger partial charge in [0.2, 0.25) is 0 Å². The van der Waals surface area contributed by atoms with Crippen molar-refractivity contribution in [3.8, 4) is 0 Å². The molecule has 4 heteroatoms. The van der Waals surface area contributed by atoms with Crippen LogP contribution in [-0.4, -0.2) is 30.0 Å². The van der Waals surface area contributed by atoms with Gasteiger partial charge < -0.3 is 10.6 Å². The number of nitrogens with two attached hydrogens (primary N) is 1. The van der Waals surface area contributed by atoms with Crippen molar-refractivity contribution >= 4 is 17.6 Å². The first-order chi connectivity index (χ1) is 8.72. The van der Waals surface area contributed by atoms with Gasteiger partial charge in [0.1, 0.15) is 0 Å². The lowest BCUT2D eigenvalue weighted by molar-refractivity contribution is 0.286.